The molecule has 0 aliphatic rings. The average Bonchev–Trinajstić information content (AvgIpc) is 2.69. The Labute approximate surface area is 183 Å². The third-order valence-corrected chi connectivity index (χ3v) is 4.54. The lowest BCUT2D eigenvalue weighted by atomic mass is 10.0. The summed E-state index contributed by atoms with van der Waals surface area (Å²) in [5, 5.41) is 8.28. The maximum Gasteiger partial charge on any atom is 0.242 e. The molecule has 13 N–H and O–H groups in total. The zero-order chi connectivity index (χ0) is 23.8. The van der Waals surface area contributed by atoms with Crippen molar-refractivity contribution < 1.29 is 14.4 Å². The fraction of sp³-hybridized carbons (Fsp3) is 0.722. The molecule has 31 heavy (non-hydrogen) atoms. The van der Waals surface area contributed by atoms with Crippen molar-refractivity contribution in [3.05, 3.63) is 0 Å². The first-order valence-electron chi connectivity index (χ1n) is 10.2. The van der Waals surface area contributed by atoms with Crippen LogP contribution in [0.3, 0.4) is 0 Å². The van der Waals surface area contributed by atoms with Crippen LogP contribution in [0.15, 0.2) is 9.98 Å². The van der Waals surface area contributed by atoms with E-state index in [-0.39, 0.29) is 36.2 Å². The van der Waals surface area contributed by atoms with Crippen molar-refractivity contribution in [2.75, 3.05) is 26.7 Å². The van der Waals surface area contributed by atoms with E-state index in [2.05, 4.69) is 25.9 Å². The summed E-state index contributed by atoms with van der Waals surface area (Å²) < 4.78 is 0. The summed E-state index contributed by atoms with van der Waals surface area (Å²) in [5.41, 5.74) is 26.4. The topological polar surface area (TPSA) is 242 Å². The molecule has 0 aromatic rings. The van der Waals surface area contributed by atoms with Gasteiger partial charge in [0.05, 0.1) is 6.04 Å². The Kier molecular flexibility index (Phi) is 14.1. The van der Waals surface area contributed by atoms with Crippen LogP contribution < -0.4 is 44.6 Å². The smallest absolute Gasteiger partial charge is 0.242 e. The van der Waals surface area contributed by atoms with Gasteiger partial charge in [0.2, 0.25) is 17.7 Å². The summed E-state index contributed by atoms with van der Waals surface area (Å²) in [7, 11) is 1.61. The number of nitrogens with zero attached hydrogens (tertiary/aromatic N) is 2. The first kappa shape index (κ1) is 27.9. The van der Waals surface area contributed by atoms with Gasteiger partial charge in [0.25, 0.3) is 0 Å². The second kappa shape index (κ2) is 15.7. The maximum absolute atomic E-state index is 12.6. The quantitative estimate of drug-likeness (QED) is 0.0685. The molecular formula is C18H38N10O3. The minimum Gasteiger partial charge on any atom is -0.370 e. The highest BCUT2D eigenvalue weighted by Crippen LogP contribution is 2.08. The van der Waals surface area contributed by atoms with Crippen LogP contribution >= 0.6 is 0 Å². The van der Waals surface area contributed by atoms with Crippen molar-refractivity contribution in [2.24, 2.45) is 44.6 Å². The molecule has 0 aromatic carbocycles. The highest BCUT2D eigenvalue weighted by Gasteiger charge is 2.23. The van der Waals surface area contributed by atoms with Crippen molar-refractivity contribution in [1.29, 1.82) is 0 Å². The molecule has 0 saturated heterocycles. The minimum absolute atomic E-state index is 0.00598. The van der Waals surface area contributed by atoms with E-state index in [0.717, 1.165) is 0 Å². The monoisotopic (exact) mass is 442 g/mol. The summed E-state index contributed by atoms with van der Waals surface area (Å²) in [5.74, 6) is -1.48. The van der Waals surface area contributed by atoms with Gasteiger partial charge < -0.3 is 44.6 Å². The lowest BCUT2D eigenvalue weighted by Gasteiger charge is -2.21. The molecule has 0 fully saturated rings. The summed E-state index contributed by atoms with van der Waals surface area (Å²) in [6, 6.07) is -1.32. The highest BCUT2D eigenvalue weighted by atomic mass is 16.2. The molecule has 0 bridgehead atoms. The van der Waals surface area contributed by atoms with Gasteiger partial charge >= 0.3 is 0 Å². The average molecular weight is 443 g/mol. The Morgan fingerprint density at radius 1 is 0.806 bits per heavy atom. The van der Waals surface area contributed by atoms with Crippen LogP contribution in [0.25, 0.3) is 0 Å². The van der Waals surface area contributed by atoms with Crippen molar-refractivity contribution >= 4 is 29.6 Å². The molecule has 0 aromatic heterocycles. The number of primary amides is 1. The number of nitrogens with two attached hydrogens (primary N) is 5. The Balaban J connectivity index is 4.80. The van der Waals surface area contributed by atoms with Crippen molar-refractivity contribution in [3.63, 3.8) is 0 Å². The molecule has 3 unspecified atom stereocenters. The number of guanidine groups is 2. The number of likely N-dealkylation sites (N-methyl/N-ethyl adjacent to an activating group) is 1. The number of carbonyl (C=O) groups is 3. The first-order chi connectivity index (χ1) is 14.6. The number of nitrogens with one attached hydrogen (secondary N) is 3. The summed E-state index contributed by atoms with van der Waals surface area (Å²) >= 11 is 0. The molecule has 0 saturated carbocycles. The van der Waals surface area contributed by atoms with Gasteiger partial charge in [-0.15, -0.1) is 0 Å². The van der Waals surface area contributed by atoms with E-state index in [1.165, 1.54) is 0 Å². The molecule has 0 spiro atoms. The van der Waals surface area contributed by atoms with Crippen LogP contribution in [0.4, 0.5) is 0 Å². The normalized spacial score (nSPS) is 13.4. The maximum atomic E-state index is 12.6. The second-order valence-electron chi connectivity index (χ2n) is 7.18. The van der Waals surface area contributed by atoms with Gasteiger partial charge in [-0.25, -0.2) is 0 Å². The molecular weight excluding hydrogens is 404 g/mol. The minimum atomic E-state index is -0.761. The van der Waals surface area contributed by atoms with E-state index in [4.69, 9.17) is 28.7 Å². The van der Waals surface area contributed by atoms with Crippen LogP contribution in [0.5, 0.6) is 0 Å². The predicted octanol–water partition coefficient (Wildman–Crippen LogP) is -3.21. The number of hydrogen-bond acceptors (Lipinski definition) is 6. The van der Waals surface area contributed by atoms with Gasteiger partial charge in [0.1, 0.15) is 6.04 Å². The Morgan fingerprint density at radius 3 is 1.84 bits per heavy atom. The summed E-state index contributed by atoms with van der Waals surface area (Å²) in [6.07, 6.45) is 2.36. The Hall–Kier alpha value is -3.09. The van der Waals surface area contributed by atoms with Gasteiger partial charge in [-0.1, -0.05) is 6.92 Å². The summed E-state index contributed by atoms with van der Waals surface area (Å²) in [4.78, 5) is 44.2. The van der Waals surface area contributed by atoms with E-state index in [1.807, 2.05) is 0 Å². The van der Waals surface area contributed by atoms with Crippen LogP contribution in [-0.2, 0) is 14.4 Å². The molecule has 13 heteroatoms. The lowest BCUT2D eigenvalue weighted by Crippen LogP contribution is -2.49. The lowest BCUT2D eigenvalue weighted by molar-refractivity contribution is -0.131. The molecule has 178 valence electrons. The SMILES string of the molecule is CNC(CCNC(=O)C(CCCN=C(N)N)NC(=O)C(C)CCCN=C(N)N)C(N)=O. The fourth-order valence-corrected chi connectivity index (χ4v) is 2.71. The third kappa shape index (κ3) is 13.7. The predicted molar refractivity (Wildman–Crippen MR) is 121 cm³/mol. The van der Waals surface area contributed by atoms with Crippen LogP contribution in [-0.4, -0.2) is 68.4 Å². The van der Waals surface area contributed by atoms with Crippen molar-refractivity contribution in [2.45, 2.75) is 51.1 Å². The van der Waals surface area contributed by atoms with Crippen molar-refractivity contribution in [3.8, 4) is 0 Å². The largest absolute Gasteiger partial charge is 0.370 e. The highest BCUT2D eigenvalue weighted by molar-refractivity contribution is 5.88. The molecule has 0 aliphatic carbocycles. The van der Waals surface area contributed by atoms with Crippen LogP contribution in [0, 0.1) is 5.92 Å². The number of carbonyl (C=O) groups excluding carboxylic acids is 3. The van der Waals surface area contributed by atoms with Gasteiger partial charge in [-0.2, -0.15) is 0 Å². The first-order valence-corrected chi connectivity index (χ1v) is 10.2. The molecule has 3 atom stereocenters. The van der Waals surface area contributed by atoms with E-state index in [9.17, 15) is 14.4 Å². The molecule has 0 rings (SSSR count). The number of rotatable bonds is 16. The molecule has 0 heterocycles. The van der Waals surface area contributed by atoms with E-state index < -0.39 is 18.0 Å². The Morgan fingerprint density at radius 2 is 1.35 bits per heavy atom. The van der Waals surface area contributed by atoms with Crippen LogP contribution in [0.2, 0.25) is 0 Å². The fourth-order valence-electron chi connectivity index (χ4n) is 2.71. The van der Waals surface area contributed by atoms with Crippen molar-refractivity contribution in [1.82, 2.24) is 16.0 Å². The van der Waals surface area contributed by atoms with E-state index in [0.29, 0.717) is 45.2 Å². The molecule has 13 nitrogen and oxygen atoms in total. The van der Waals surface area contributed by atoms with E-state index >= 15 is 0 Å². The van der Waals surface area contributed by atoms with Crippen LogP contribution in [0.1, 0.15) is 39.0 Å². The third-order valence-electron chi connectivity index (χ3n) is 4.54. The zero-order valence-corrected chi connectivity index (χ0v) is 18.4. The molecule has 0 aliphatic heterocycles. The zero-order valence-electron chi connectivity index (χ0n) is 18.4. The van der Waals surface area contributed by atoms with Gasteiger partial charge in [-0.3, -0.25) is 24.4 Å². The van der Waals surface area contributed by atoms with Gasteiger partial charge in [0, 0.05) is 25.6 Å². The second-order valence-corrected chi connectivity index (χ2v) is 7.18. The molecule has 3 amide bonds. The standard InChI is InChI=1S/C18H38N10O3/c1-11(5-3-8-26-17(20)21)15(30)28-13(6-4-9-27-18(22)23)16(31)25-10-7-12(24-2)14(19)29/h11-13,24H,3-10H2,1-2H3,(H2,19,29)(H,25,31)(H,28,30)(H4,20,21,26)(H4,22,23,27). The van der Waals surface area contributed by atoms with E-state index in [1.54, 1.807) is 14.0 Å². The van der Waals surface area contributed by atoms with Gasteiger partial charge in [-0.05, 0) is 39.2 Å². The summed E-state index contributed by atoms with van der Waals surface area (Å²) in [6.45, 7) is 2.75. The Bertz CT molecular complexity index is 630. The number of amides is 3. The molecule has 0 radical (unpaired) electrons. The van der Waals surface area contributed by atoms with Gasteiger partial charge in [0.15, 0.2) is 11.9 Å². The number of aliphatic imine (C=N–C) groups is 2. The number of hydrogen-bond donors (Lipinski definition) is 8.